The lowest BCUT2D eigenvalue weighted by molar-refractivity contribution is 0.0953. The van der Waals surface area contributed by atoms with Gasteiger partial charge in [-0.2, -0.15) is 0 Å². The second-order valence-corrected chi connectivity index (χ2v) is 9.70. The number of benzene rings is 1. The fraction of sp³-hybridized carbons (Fsp3) is 0.167. The summed E-state index contributed by atoms with van der Waals surface area (Å²) in [7, 11) is -2.02. The fourth-order valence-electron chi connectivity index (χ4n) is 2.43. The maximum atomic E-state index is 13.0. The zero-order valence-corrected chi connectivity index (χ0v) is 16.4. The van der Waals surface area contributed by atoms with Crippen LogP contribution in [0.4, 0.5) is 0 Å². The first-order chi connectivity index (χ1) is 12.5. The van der Waals surface area contributed by atoms with E-state index in [1.807, 2.05) is 11.4 Å². The molecule has 3 aromatic rings. The molecule has 0 spiro atoms. The summed E-state index contributed by atoms with van der Waals surface area (Å²) in [6, 6.07) is 13.5. The van der Waals surface area contributed by atoms with Crippen LogP contribution in [-0.4, -0.2) is 28.0 Å². The van der Waals surface area contributed by atoms with Gasteiger partial charge in [0.2, 0.25) is 0 Å². The molecule has 5 nitrogen and oxygen atoms in total. The Morgan fingerprint density at radius 1 is 1.08 bits per heavy atom. The van der Waals surface area contributed by atoms with Gasteiger partial charge in [0.1, 0.15) is 15.2 Å². The lowest BCUT2D eigenvalue weighted by Gasteiger charge is -2.16. The minimum atomic E-state index is -3.58. The van der Waals surface area contributed by atoms with Crippen LogP contribution in [0.1, 0.15) is 20.5 Å². The van der Waals surface area contributed by atoms with E-state index in [1.54, 1.807) is 55.0 Å². The minimum Gasteiger partial charge on any atom is -0.497 e. The Balaban J connectivity index is 1.79. The van der Waals surface area contributed by atoms with Crippen LogP contribution in [0.3, 0.4) is 0 Å². The van der Waals surface area contributed by atoms with Gasteiger partial charge in [0.25, 0.3) is 5.91 Å². The Kier molecular flexibility index (Phi) is 5.75. The van der Waals surface area contributed by atoms with Gasteiger partial charge < -0.3 is 10.1 Å². The molecule has 2 aromatic heterocycles. The lowest BCUT2D eigenvalue weighted by Crippen LogP contribution is -2.31. The molecule has 0 aliphatic heterocycles. The number of hydrogen-bond donors (Lipinski definition) is 1. The summed E-state index contributed by atoms with van der Waals surface area (Å²) >= 11 is 2.55. The van der Waals surface area contributed by atoms with E-state index >= 15 is 0 Å². The van der Waals surface area contributed by atoms with Crippen molar-refractivity contribution in [3.63, 3.8) is 0 Å². The molecule has 8 heteroatoms. The highest BCUT2D eigenvalue weighted by molar-refractivity contribution is 7.93. The molecule has 136 valence electrons. The summed E-state index contributed by atoms with van der Waals surface area (Å²) in [6.07, 6.45) is 0. The van der Waals surface area contributed by atoms with Crippen molar-refractivity contribution in [2.45, 2.75) is 9.46 Å². The number of methoxy groups -OCH3 is 1. The molecule has 0 saturated heterocycles. The number of rotatable bonds is 7. The molecule has 0 radical (unpaired) electrons. The van der Waals surface area contributed by atoms with Crippen LogP contribution in [0, 0.1) is 0 Å². The lowest BCUT2D eigenvalue weighted by atomic mass is 10.2. The van der Waals surface area contributed by atoms with Crippen molar-refractivity contribution in [3.8, 4) is 5.75 Å². The third kappa shape index (κ3) is 3.98. The Hall–Kier alpha value is -2.16. The van der Waals surface area contributed by atoms with Crippen molar-refractivity contribution in [1.82, 2.24) is 5.32 Å². The van der Waals surface area contributed by atoms with Gasteiger partial charge >= 0.3 is 0 Å². The number of sulfone groups is 1. The maximum Gasteiger partial charge on any atom is 0.251 e. The molecule has 1 atom stereocenters. The number of nitrogens with one attached hydrogen (secondary N) is 1. The molecule has 26 heavy (non-hydrogen) atoms. The standard InChI is InChI=1S/C18H17NO4S3/c1-23-14-8-6-13(7-9-14)18(20)19-12-16(15-4-2-10-24-15)26(21,22)17-5-3-11-25-17/h2-11,16H,12H2,1H3,(H,19,20)/t16-/m1/s1. The van der Waals surface area contributed by atoms with Crippen LogP contribution < -0.4 is 10.1 Å². The molecule has 1 aromatic carbocycles. The van der Waals surface area contributed by atoms with Gasteiger partial charge in [-0.25, -0.2) is 8.42 Å². The van der Waals surface area contributed by atoms with Gasteiger partial charge in [-0.05, 0) is 47.2 Å². The fourth-order valence-corrected chi connectivity index (χ4v) is 6.42. The Morgan fingerprint density at radius 3 is 2.35 bits per heavy atom. The summed E-state index contributed by atoms with van der Waals surface area (Å²) < 4.78 is 31.3. The minimum absolute atomic E-state index is 0.00556. The van der Waals surface area contributed by atoms with Crippen LogP contribution in [0.5, 0.6) is 5.75 Å². The number of carbonyl (C=O) groups is 1. The number of thiophene rings is 2. The summed E-state index contributed by atoms with van der Waals surface area (Å²) in [5, 5.41) is 5.49. The monoisotopic (exact) mass is 407 g/mol. The summed E-state index contributed by atoms with van der Waals surface area (Å²) in [5.41, 5.74) is 0.448. The van der Waals surface area contributed by atoms with Crippen LogP contribution in [0.25, 0.3) is 0 Å². The first-order valence-corrected chi connectivity index (χ1v) is 11.1. The van der Waals surface area contributed by atoms with E-state index in [9.17, 15) is 13.2 Å². The Labute approximate surface area is 160 Å². The number of ether oxygens (including phenoxy) is 1. The van der Waals surface area contributed by atoms with Gasteiger partial charge in [-0.15, -0.1) is 22.7 Å². The largest absolute Gasteiger partial charge is 0.497 e. The second-order valence-electron chi connectivity index (χ2n) is 5.42. The molecule has 2 heterocycles. The van der Waals surface area contributed by atoms with Crippen molar-refractivity contribution in [1.29, 1.82) is 0 Å². The van der Waals surface area contributed by atoms with E-state index < -0.39 is 15.1 Å². The third-order valence-corrected chi connectivity index (χ3v) is 8.46. The molecular weight excluding hydrogens is 390 g/mol. The van der Waals surface area contributed by atoms with Crippen molar-refractivity contribution >= 4 is 38.4 Å². The SMILES string of the molecule is COc1ccc(C(=O)NC[C@H](c2cccs2)S(=O)(=O)c2cccs2)cc1. The van der Waals surface area contributed by atoms with E-state index in [-0.39, 0.29) is 12.5 Å². The van der Waals surface area contributed by atoms with E-state index in [1.165, 1.54) is 22.7 Å². The van der Waals surface area contributed by atoms with Gasteiger partial charge in [-0.1, -0.05) is 12.1 Å². The molecule has 0 fully saturated rings. The average Bonchev–Trinajstić information content (AvgIpc) is 3.36. The number of carbonyl (C=O) groups excluding carboxylic acids is 1. The zero-order valence-electron chi connectivity index (χ0n) is 13.9. The molecule has 0 aliphatic rings. The first-order valence-electron chi connectivity index (χ1n) is 7.75. The van der Waals surface area contributed by atoms with Gasteiger partial charge in [0, 0.05) is 17.0 Å². The summed E-state index contributed by atoms with van der Waals surface area (Å²) in [6.45, 7) is 0.00556. The van der Waals surface area contributed by atoms with Crippen LogP contribution in [-0.2, 0) is 9.84 Å². The smallest absolute Gasteiger partial charge is 0.251 e. The highest BCUT2D eigenvalue weighted by Gasteiger charge is 2.31. The summed E-state index contributed by atoms with van der Waals surface area (Å²) in [5.74, 6) is 0.328. The Bertz CT molecular complexity index is 947. The highest BCUT2D eigenvalue weighted by Crippen LogP contribution is 2.33. The molecule has 0 unspecified atom stereocenters. The molecular formula is C18H17NO4S3. The predicted octanol–water partition coefficient (Wildman–Crippen LogP) is 3.76. The van der Waals surface area contributed by atoms with Gasteiger partial charge in [0.15, 0.2) is 9.84 Å². The number of hydrogen-bond acceptors (Lipinski definition) is 6. The normalized spacial score (nSPS) is 12.5. The van der Waals surface area contributed by atoms with Crippen LogP contribution >= 0.6 is 22.7 Å². The summed E-state index contributed by atoms with van der Waals surface area (Å²) in [4.78, 5) is 13.1. The first kappa shape index (κ1) is 18.6. The zero-order chi connectivity index (χ0) is 18.6. The third-order valence-electron chi connectivity index (χ3n) is 3.81. The quantitative estimate of drug-likeness (QED) is 0.647. The van der Waals surface area contributed by atoms with Crippen molar-refractivity contribution in [3.05, 3.63) is 69.7 Å². The van der Waals surface area contributed by atoms with Gasteiger partial charge in [0.05, 0.1) is 7.11 Å². The highest BCUT2D eigenvalue weighted by atomic mass is 32.2. The molecule has 1 amide bonds. The van der Waals surface area contributed by atoms with Crippen molar-refractivity contribution in [2.75, 3.05) is 13.7 Å². The van der Waals surface area contributed by atoms with Crippen molar-refractivity contribution in [2.24, 2.45) is 0 Å². The van der Waals surface area contributed by atoms with E-state index in [2.05, 4.69) is 5.32 Å². The number of amides is 1. The maximum absolute atomic E-state index is 13.0. The average molecular weight is 408 g/mol. The second kappa shape index (κ2) is 8.03. The molecule has 1 N–H and O–H groups in total. The molecule has 0 bridgehead atoms. The van der Waals surface area contributed by atoms with E-state index in [0.29, 0.717) is 20.4 Å². The van der Waals surface area contributed by atoms with Crippen LogP contribution in [0.2, 0.25) is 0 Å². The van der Waals surface area contributed by atoms with Crippen LogP contribution in [0.15, 0.2) is 63.5 Å². The molecule has 3 rings (SSSR count). The Morgan fingerprint density at radius 2 is 1.77 bits per heavy atom. The van der Waals surface area contributed by atoms with E-state index in [4.69, 9.17) is 4.74 Å². The van der Waals surface area contributed by atoms with Gasteiger partial charge in [-0.3, -0.25) is 4.79 Å². The molecule has 0 saturated carbocycles. The molecule has 0 aliphatic carbocycles. The predicted molar refractivity (Wildman–Crippen MR) is 104 cm³/mol. The van der Waals surface area contributed by atoms with E-state index in [0.717, 1.165) is 0 Å². The van der Waals surface area contributed by atoms with Crippen molar-refractivity contribution < 1.29 is 17.9 Å². The topological polar surface area (TPSA) is 72.5 Å².